The van der Waals surface area contributed by atoms with Gasteiger partial charge in [0.25, 0.3) is 0 Å². The maximum atomic E-state index is 12.1. The lowest BCUT2D eigenvalue weighted by molar-refractivity contribution is -0.116. The van der Waals surface area contributed by atoms with Gasteiger partial charge in [-0.15, -0.1) is 0 Å². The third-order valence-electron chi connectivity index (χ3n) is 4.17. The quantitative estimate of drug-likeness (QED) is 0.640. The summed E-state index contributed by atoms with van der Waals surface area (Å²) in [4.78, 5) is 12.1. The van der Waals surface area contributed by atoms with Crippen LogP contribution in [0.5, 0.6) is 0 Å². The third-order valence-corrected chi connectivity index (χ3v) is 4.41. The standard InChI is InChI=1S/C22H20ClNO2/c23-20-2-1-3-21(14-20)24-22(26)13-8-16-4-9-18(10-5-16)19-11-6-17(15-25)7-12-19/h1-7,9-12,14,25H,8,13,15H2,(H,24,26). The number of aliphatic hydroxyl groups is 1. The number of carbonyl (C=O) groups excluding carboxylic acids is 1. The number of anilines is 1. The molecule has 0 saturated heterocycles. The zero-order chi connectivity index (χ0) is 18.4. The number of carbonyl (C=O) groups is 1. The van der Waals surface area contributed by atoms with Gasteiger partial charge in [-0.25, -0.2) is 0 Å². The molecule has 0 spiro atoms. The van der Waals surface area contributed by atoms with Crippen molar-refractivity contribution in [2.75, 3.05) is 5.32 Å². The minimum Gasteiger partial charge on any atom is -0.392 e. The van der Waals surface area contributed by atoms with E-state index in [9.17, 15) is 4.79 Å². The molecule has 1 amide bonds. The van der Waals surface area contributed by atoms with E-state index < -0.39 is 0 Å². The predicted molar refractivity (Wildman–Crippen MR) is 106 cm³/mol. The van der Waals surface area contributed by atoms with Crippen LogP contribution in [0, 0.1) is 0 Å². The molecule has 0 heterocycles. The molecule has 2 N–H and O–H groups in total. The van der Waals surface area contributed by atoms with Crippen molar-refractivity contribution >= 4 is 23.2 Å². The molecule has 0 radical (unpaired) electrons. The zero-order valence-electron chi connectivity index (χ0n) is 14.3. The van der Waals surface area contributed by atoms with E-state index in [-0.39, 0.29) is 12.5 Å². The summed E-state index contributed by atoms with van der Waals surface area (Å²) in [6, 6.07) is 23.2. The van der Waals surface area contributed by atoms with Gasteiger partial charge in [0.2, 0.25) is 5.91 Å². The van der Waals surface area contributed by atoms with Crippen LogP contribution in [0.1, 0.15) is 17.5 Å². The Hall–Kier alpha value is -2.62. The average molecular weight is 366 g/mol. The van der Waals surface area contributed by atoms with Gasteiger partial charge in [0.05, 0.1) is 6.61 Å². The Morgan fingerprint density at radius 1 is 0.885 bits per heavy atom. The molecule has 0 aliphatic heterocycles. The van der Waals surface area contributed by atoms with Gasteiger partial charge in [-0.05, 0) is 46.9 Å². The molecule has 0 aliphatic rings. The number of hydrogen-bond donors (Lipinski definition) is 2. The summed E-state index contributed by atoms with van der Waals surface area (Å²) >= 11 is 5.92. The van der Waals surface area contributed by atoms with E-state index in [0.29, 0.717) is 23.6 Å². The Bertz CT molecular complexity index is 873. The molecule has 3 rings (SSSR count). The minimum atomic E-state index is -0.0315. The lowest BCUT2D eigenvalue weighted by Gasteiger charge is -2.07. The number of nitrogens with one attached hydrogen (secondary N) is 1. The van der Waals surface area contributed by atoms with Crippen LogP contribution in [0.25, 0.3) is 11.1 Å². The molecule has 0 aliphatic carbocycles. The van der Waals surface area contributed by atoms with Crippen molar-refractivity contribution in [3.63, 3.8) is 0 Å². The van der Waals surface area contributed by atoms with Crippen molar-refractivity contribution in [2.45, 2.75) is 19.4 Å². The Balaban J connectivity index is 1.56. The fourth-order valence-corrected chi connectivity index (χ4v) is 2.90. The zero-order valence-corrected chi connectivity index (χ0v) is 15.0. The number of aliphatic hydroxyl groups excluding tert-OH is 1. The van der Waals surface area contributed by atoms with Crippen LogP contribution in [-0.4, -0.2) is 11.0 Å². The van der Waals surface area contributed by atoms with Crippen molar-refractivity contribution in [1.29, 1.82) is 0 Å². The topological polar surface area (TPSA) is 49.3 Å². The number of aryl methyl sites for hydroxylation is 1. The lowest BCUT2D eigenvalue weighted by atomic mass is 10.0. The van der Waals surface area contributed by atoms with Gasteiger partial charge in [0.15, 0.2) is 0 Å². The maximum Gasteiger partial charge on any atom is 0.224 e. The van der Waals surface area contributed by atoms with Crippen molar-refractivity contribution in [3.05, 3.63) is 88.9 Å². The number of halogens is 1. The van der Waals surface area contributed by atoms with Crippen LogP contribution in [0.15, 0.2) is 72.8 Å². The van der Waals surface area contributed by atoms with E-state index >= 15 is 0 Å². The molecule has 26 heavy (non-hydrogen) atoms. The molecule has 0 bridgehead atoms. The second-order valence-corrected chi connectivity index (χ2v) is 6.55. The highest BCUT2D eigenvalue weighted by Crippen LogP contribution is 2.21. The second-order valence-electron chi connectivity index (χ2n) is 6.11. The number of amides is 1. The average Bonchev–Trinajstić information content (AvgIpc) is 2.67. The summed E-state index contributed by atoms with van der Waals surface area (Å²) in [7, 11) is 0. The van der Waals surface area contributed by atoms with Gasteiger partial charge < -0.3 is 10.4 Å². The molecule has 0 aromatic heterocycles. The van der Waals surface area contributed by atoms with E-state index in [2.05, 4.69) is 17.4 Å². The summed E-state index contributed by atoms with van der Waals surface area (Å²) < 4.78 is 0. The fourth-order valence-electron chi connectivity index (χ4n) is 2.71. The molecular formula is C22H20ClNO2. The second kappa shape index (κ2) is 8.65. The van der Waals surface area contributed by atoms with Gasteiger partial charge in [0.1, 0.15) is 0 Å². The first kappa shape index (κ1) is 18.2. The van der Waals surface area contributed by atoms with Gasteiger partial charge in [-0.3, -0.25) is 4.79 Å². The SMILES string of the molecule is O=C(CCc1ccc(-c2ccc(CO)cc2)cc1)Nc1cccc(Cl)c1. The molecule has 0 saturated carbocycles. The van der Waals surface area contributed by atoms with E-state index in [0.717, 1.165) is 22.3 Å². The van der Waals surface area contributed by atoms with E-state index in [1.807, 2.05) is 48.5 Å². The van der Waals surface area contributed by atoms with Crippen LogP contribution in [-0.2, 0) is 17.8 Å². The molecule has 132 valence electrons. The molecule has 3 aromatic carbocycles. The van der Waals surface area contributed by atoms with Crippen molar-refractivity contribution in [2.24, 2.45) is 0 Å². The fraction of sp³-hybridized carbons (Fsp3) is 0.136. The Morgan fingerprint density at radius 3 is 2.08 bits per heavy atom. The van der Waals surface area contributed by atoms with Crippen LogP contribution >= 0.6 is 11.6 Å². The predicted octanol–water partition coefficient (Wildman–Crippen LogP) is 5.07. The van der Waals surface area contributed by atoms with E-state index in [1.54, 1.807) is 12.1 Å². The van der Waals surface area contributed by atoms with Crippen LogP contribution < -0.4 is 5.32 Å². The van der Waals surface area contributed by atoms with Gasteiger partial charge in [-0.1, -0.05) is 66.2 Å². The number of hydrogen-bond acceptors (Lipinski definition) is 2. The highest BCUT2D eigenvalue weighted by Gasteiger charge is 2.05. The first-order valence-corrected chi connectivity index (χ1v) is 8.86. The van der Waals surface area contributed by atoms with Crippen molar-refractivity contribution in [3.8, 4) is 11.1 Å². The van der Waals surface area contributed by atoms with Gasteiger partial charge in [0, 0.05) is 17.1 Å². The molecule has 0 fully saturated rings. The molecule has 3 nitrogen and oxygen atoms in total. The maximum absolute atomic E-state index is 12.1. The first-order chi connectivity index (χ1) is 12.6. The minimum absolute atomic E-state index is 0.0315. The summed E-state index contributed by atoms with van der Waals surface area (Å²) in [5.74, 6) is -0.0315. The smallest absolute Gasteiger partial charge is 0.224 e. The van der Waals surface area contributed by atoms with Gasteiger partial charge >= 0.3 is 0 Å². The van der Waals surface area contributed by atoms with Gasteiger partial charge in [-0.2, -0.15) is 0 Å². The molecular weight excluding hydrogens is 346 g/mol. The summed E-state index contributed by atoms with van der Waals surface area (Å²) in [5, 5.41) is 12.6. The normalized spacial score (nSPS) is 10.5. The summed E-state index contributed by atoms with van der Waals surface area (Å²) in [6.45, 7) is 0.0521. The third kappa shape index (κ3) is 4.94. The summed E-state index contributed by atoms with van der Waals surface area (Å²) in [5.41, 5.74) is 4.94. The van der Waals surface area contributed by atoms with Crippen molar-refractivity contribution in [1.82, 2.24) is 0 Å². The largest absolute Gasteiger partial charge is 0.392 e. The van der Waals surface area contributed by atoms with Crippen LogP contribution in [0.2, 0.25) is 5.02 Å². The monoisotopic (exact) mass is 365 g/mol. The Labute approximate surface area is 158 Å². The Morgan fingerprint density at radius 2 is 1.50 bits per heavy atom. The molecule has 0 unspecified atom stereocenters. The molecule has 0 atom stereocenters. The lowest BCUT2D eigenvalue weighted by Crippen LogP contribution is -2.12. The van der Waals surface area contributed by atoms with Crippen LogP contribution in [0.3, 0.4) is 0 Å². The molecule has 3 aromatic rings. The highest BCUT2D eigenvalue weighted by molar-refractivity contribution is 6.30. The number of rotatable bonds is 6. The Kier molecular flexibility index (Phi) is 6.05. The van der Waals surface area contributed by atoms with E-state index in [1.165, 1.54) is 0 Å². The van der Waals surface area contributed by atoms with E-state index in [4.69, 9.17) is 16.7 Å². The van der Waals surface area contributed by atoms with Crippen molar-refractivity contribution < 1.29 is 9.90 Å². The highest BCUT2D eigenvalue weighted by atomic mass is 35.5. The molecule has 4 heteroatoms. The first-order valence-electron chi connectivity index (χ1n) is 8.48. The van der Waals surface area contributed by atoms with Crippen LogP contribution in [0.4, 0.5) is 5.69 Å². The number of benzene rings is 3. The summed E-state index contributed by atoms with van der Waals surface area (Å²) in [6.07, 6.45) is 1.09.